The second-order valence-electron chi connectivity index (χ2n) is 3.66. The molecule has 0 bridgehead atoms. The maximum absolute atomic E-state index is 8.89. The van der Waals surface area contributed by atoms with Crippen molar-refractivity contribution in [3.8, 4) is 5.75 Å². The Bertz CT molecular complexity index is 294. The highest BCUT2D eigenvalue weighted by Gasteiger charge is 2.10. The summed E-state index contributed by atoms with van der Waals surface area (Å²) in [6.07, 6.45) is 0.778. The average Bonchev–Trinajstić information content (AvgIpc) is 2.18. The van der Waals surface area contributed by atoms with Gasteiger partial charge in [0.05, 0.1) is 7.11 Å². The van der Waals surface area contributed by atoms with E-state index in [-0.39, 0.29) is 6.61 Å². The third kappa shape index (κ3) is 2.48. The second-order valence-corrected chi connectivity index (χ2v) is 3.66. The number of hydrogen-bond donors (Lipinski definition) is 1. The standard InChI is InChI=1S/C12H18O2/c1-9-4-5-12(14-3)11(8-9)10(2)6-7-13/h4-5,8,10,13H,6-7H2,1-3H3. The normalized spacial score (nSPS) is 12.6. The summed E-state index contributed by atoms with van der Waals surface area (Å²) >= 11 is 0. The highest BCUT2D eigenvalue weighted by atomic mass is 16.5. The highest BCUT2D eigenvalue weighted by Crippen LogP contribution is 2.29. The fourth-order valence-corrected chi connectivity index (χ4v) is 1.59. The summed E-state index contributed by atoms with van der Waals surface area (Å²) in [6, 6.07) is 6.14. The molecule has 2 heteroatoms. The van der Waals surface area contributed by atoms with Gasteiger partial charge in [0.2, 0.25) is 0 Å². The number of ether oxygens (including phenoxy) is 1. The Balaban J connectivity index is 2.97. The maximum atomic E-state index is 8.89. The molecular formula is C12H18O2. The van der Waals surface area contributed by atoms with Crippen molar-refractivity contribution in [2.75, 3.05) is 13.7 Å². The number of benzene rings is 1. The fraction of sp³-hybridized carbons (Fsp3) is 0.500. The molecule has 0 radical (unpaired) electrons. The topological polar surface area (TPSA) is 29.5 Å². The molecule has 1 aromatic rings. The van der Waals surface area contributed by atoms with Crippen molar-refractivity contribution in [3.63, 3.8) is 0 Å². The smallest absolute Gasteiger partial charge is 0.122 e. The van der Waals surface area contributed by atoms with Gasteiger partial charge in [0, 0.05) is 6.61 Å². The van der Waals surface area contributed by atoms with Crippen LogP contribution in [0.15, 0.2) is 18.2 Å². The number of aliphatic hydroxyl groups excluding tert-OH is 1. The molecule has 0 fully saturated rings. The van der Waals surface area contributed by atoms with Gasteiger partial charge in [-0.05, 0) is 30.9 Å². The Morgan fingerprint density at radius 2 is 2.14 bits per heavy atom. The van der Waals surface area contributed by atoms with Gasteiger partial charge in [-0.1, -0.05) is 24.6 Å². The monoisotopic (exact) mass is 194 g/mol. The SMILES string of the molecule is COc1ccc(C)cc1C(C)CCO. The van der Waals surface area contributed by atoms with Crippen LogP contribution in [-0.4, -0.2) is 18.8 Å². The van der Waals surface area contributed by atoms with E-state index in [2.05, 4.69) is 19.9 Å². The molecule has 1 N–H and O–H groups in total. The molecule has 0 saturated heterocycles. The summed E-state index contributed by atoms with van der Waals surface area (Å²) in [4.78, 5) is 0. The predicted octanol–water partition coefficient (Wildman–Crippen LogP) is 2.49. The third-order valence-electron chi connectivity index (χ3n) is 2.48. The Hall–Kier alpha value is -1.02. The number of methoxy groups -OCH3 is 1. The van der Waals surface area contributed by atoms with Crippen molar-refractivity contribution in [3.05, 3.63) is 29.3 Å². The van der Waals surface area contributed by atoms with Crippen LogP contribution in [0.1, 0.15) is 30.4 Å². The third-order valence-corrected chi connectivity index (χ3v) is 2.48. The molecule has 0 aliphatic heterocycles. The molecule has 0 amide bonds. The van der Waals surface area contributed by atoms with Gasteiger partial charge in [0.25, 0.3) is 0 Å². The number of aliphatic hydroxyl groups is 1. The lowest BCUT2D eigenvalue weighted by atomic mass is 9.95. The van der Waals surface area contributed by atoms with Crippen LogP contribution in [0.2, 0.25) is 0 Å². The van der Waals surface area contributed by atoms with E-state index in [1.807, 2.05) is 12.1 Å². The van der Waals surface area contributed by atoms with E-state index in [1.165, 1.54) is 11.1 Å². The minimum atomic E-state index is 0.220. The van der Waals surface area contributed by atoms with E-state index in [0.29, 0.717) is 5.92 Å². The Morgan fingerprint density at radius 3 is 2.71 bits per heavy atom. The van der Waals surface area contributed by atoms with Crippen LogP contribution >= 0.6 is 0 Å². The molecule has 0 spiro atoms. The van der Waals surface area contributed by atoms with Crippen LogP contribution in [0.5, 0.6) is 5.75 Å². The van der Waals surface area contributed by atoms with Gasteiger partial charge in [-0.2, -0.15) is 0 Å². The molecule has 0 aliphatic rings. The van der Waals surface area contributed by atoms with E-state index in [1.54, 1.807) is 7.11 Å². The van der Waals surface area contributed by atoms with Gasteiger partial charge < -0.3 is 9.84 Å². The van der Waals surface area contributed by atoms with Crippen molar-refractivity contribution < 1.29 is 9.84 Å². The van der Waals surface area contributed by atoms with Gasteiger partial charge in [-0.15, -0.1) is 0 Å². The summed E-state index contributed by atoms with van der Waals surface area (Å²) in [5.41, 5.74) is 2.41. The first-order valence-electron chi connectivity index (χ1n) is 4.94. The van der Waals surface area contributed by atoms with Crippen LogP contribution in [0.3, 0.4) is 0 Å². The maximum Gasteiger partial charge on any atom is 0.122 e. The van der Waals surface area contributed by atoms with Gasteiger partial charge in [-0.25, -0.2) is 0 Å². The average molecular weight is 194 g/mol. The second kappa shape index (κ2) is 5.01. The molecule has 1 aromatic carbocycles. The quantitative estimate of drug-likeness (QED) is 0.798. The molecule has 14 heavy (non-hydrogen) atoms. The molecule has 1 unspecified atom stereocenters. The molecule has 0 heterocycles. The van der Waals surface area contributed by atoms with Crippen molar-refractivity contribution in [2.45, 2.75) is 26.2 Å². The van der Waals surface area contributed by atoms with Crippen LogP contribution in [0.25, 0.3) is 0 Å². The van der Waals surface area contributed by atoms with E-state index < -0.39 is 0 Å². The molecule has 2 nitrogen and oxygen atoms in total. The summed E-state index contributed by atoms with van der Waals surface area (Å²) in [7, 11) is 1.68. The van der Waals surface area contributed by atoms with Gasteiger partial charge >= 0.3 is 0 Å². The molecule has 1 atom stereocenters. The van der Waals surface area contributed by atoms with E-state index >= 15 is 0 Å². The lowest BCUT2D eigenvalue weighted by Crippen LogP contribution is -2.00. The van der Waals surface area contributed by atoms with Gasteiger partial charge in [0.1, 0.15) is 5.75 Å². The van der Waals surface area contributed by atoms with E-state index in [9.17, 15) is 0 Å². The highest BCUT2D eigenvalue weighted by molar-refractivity contribution is 5.39. The molecule has 0 aliphatic carbocycles. The Labute approximate surface area is 85.5 Å². The fourth-order valence-electron chi connectivity index (χ4n) is 1.59. The summed E-state index contributed by atoms with van der Waals surface area (Å²) in [5.74, 6) is 1.26. The van der Waals surface area contributed by atoms with Crippen molar-refractivity contribution in [2.24, 2.45) is 0 Å². The molecule has 0 aromatic heterocycles. The predicted molar refractivity (Wildman–Crippen MR) is 57.8 cm³/mol. The first-order valence-corrected chi connectivity index (χ1v) is 4.94. The lowest BCUT2D eigenvalue weighted by molar-refractivity contribution is 0.277. The van der Waals surface area contributed by atoms with Crippen LogP contribution in [-0.2, 0) is 0 Å². The van der Waals surface area contributed by atoms with Gasteiger partial charge in [0.15, 0.2) is 0 Å². The molecular weight excluding hydrogens is 176 g/mol. The zero-order chi connectivity index (χ0) is 10.6. The first-order chi connectivity index (χ1) is 6.69. The van der Waals surface area contributed by atoms with Crippen molar-refractivity contribution in [1.29, 1.82) is 0 Å². The number of aryl methyl sites for hydroxylation is 1. The van der Waals surface area contributed by atoms with Crippen molar-refractivity contribution in [1.82, 2.24) is 0 Å². The number of rotatable bonds is 4. The lowest BCUT2D eigenvalue weighted by Gasteiger charge is -2.15. The minimum absolute atomic E-state index is 0.220. The van der Waals surface area contributed by atoms with Crippen LogP contribution in [0, 0.1) is 6.92 Å². The molecule has 1 rings (SSSR count). The Kier molecular flexibility index (Phi) is 3.96. The number of hydrogen-bond acceptors (Lipinski definition) is 2. The molecule has 78 valence electrons. The van der Waals surface area contributed by atoms with Gasteiger partial charge in [-0.3, -0.25) is 0 Å². The molecule has 0 saturated carbocycles. The summed E-state index contributed by atoms with van der Waals surface area (Å²) in [5, 5.41) is 8.89. The summed E-state index contributed by atoms with van der Waals surface area (Å²) in [6.45, 7) is 4.39. The largest absolute Gasteiger partial charge is 0.496 e. The van der Waals surface area contributed by atoms with E-state index in [0.717, 1.165) is 12.2 Å². The van der Waals surface area contributed by atoms with Crippen LogP contribution < -0.4 is 4.74 Å². The first kappa shape index (κ1) is 11.1. The van der Waals surface area contributed by atoms with Crippen LogP contribution in [0.4, 0.5) is 0 Å². The summed E-state index contributed by atoms with van der Waals surface area (Å²) < 4.78 is 5.29. The zero-order valence-electron chi connectivity index (χ0n) is 9.08. The minimum Gasteiger partial charge on any atom is -0.496 e. The zero-order valence-corrected chi connectivity index (χ0v) is 9.08. The van der Waals surface area contributed by atoms with E-state index in [4.69, 9.17) is 9.84 Å². The Morgan fingerprint density at radius 1 is 1.43 bits per heavy atom. The van der Waals surface area contributed by atoms with Crippen molar-refractivity contribution >= 4 is 0 Å².